The van der Waals surface area contributed by atoms with Crippen LogP contribution in [0.15, 0.2) is 36.5 Å². The van der Waals surface area contributed by atoms with E-state index in [1.54, 1.807) is 0 Å². The fourth-order valence-electron chi connectivity index (χ4n) is 0.995. The van der Waals surface area contributed by atoms with Gasteiger partial charge in [0.25, 0.3) is 0 Å². The number of benzene rings is 1. The Bertz CT molecular complexity index is 283. The second-order valence-corrected chi connectivity index (χ2v) is 2.06. The lowest BCUT2D eigenvalue weighted by Gasteiger charge is -1.83. The molecule has 2 aromatic rings. The predicted octanol–water partition coefficient (Wildman–Crippen LogP) is 1.79. The van der Waals surface area contributed by atoms with Gasteiger partial charge in [0.15, 0.2) is 0 Å². The van der Waals surface area contributed by atoms with E-state index >= 15 is 0 Å². The molecule has 0 saturated carbocycles. The average molecular weight is 128 g/mol. The van der Waals surface area contributed by atoms with Crippen LogP contribution in [0.3, 0.4) is 0 Å². The minimum absolute atomic E-state index is 0. The third kappa shape index (κ3) is 0.925. The molecule has 10 heavy (non-hydrogen) atoms. The minimum Gasteiger partial charge on any atom is -0.361 e. The summed E-state index contributed by atoms with van der Waals surface area (Å²) in [6.07, 6.45) is 1.95. The summed E-state index contributed by atoms with van der Waals surface area (Å²) in [5.41, 5.74) is 1.21. The van der Waals surface area contributed by atoms with Crippen molar-refractivity contribution in [1.29, 1.82) is 0 Å². The molecular weight excluding hydrogens is 121 g/mol. The lowest BCUT2D eigenvalue weighted by molar-refractivity contribution is 1.48. The summed E-state index contributed by atoms with van der Waals surface area (Å²) < 4.78 is 0. The van der Waals surface area contributed by atoms with Gasteiger partial charge in [-0.2, -0.15) is 0 Å². The molecule has 0 fully saturated rings. The van der Waals surface area contributed by atoms with Gasteiger partial charge < -0.3 is 4.98 Å². The van der Waals surface area contributed by atoms with Crippen LogP contribution in [-0.4, -0.2) is 13.4 Å². The quantitative estimate of drug-likeness (QED) is 0.520. The topological polar surface area (TPSA) is 15.8 Å². The maximum Gasteiger partial charge on any atom is 0.0453 e. The van der Waals surface area contributed by atoms with Gasteiger partial charge in [0.05, 0.1) is 0 Å². The molecular formula is C8H7BN. The molecule has 0 aliphatic rings. The number of aromatic amines is 1. The Morgan fingerprint density at radius 1 is 1.00 bits per heavy atom. The van der Waals surface area contributed by atoms with E-state index in [0.717, 1.165) is 0 Å². The van der Waals surface area contributed by atoms with Gasteiger partial charge in [-0.05, 0) is 17.5 Å². The number of fused-ring (bicyclic) bond motifs is 1. The Morgan fingerprint density at radius 3 is 2.60 bits per heavy atom. The van der Waals surface area contributed by atoms with Crippen LogP contribution in [0.2, 0.25) is 0 Å². The molecule has 1 N–H and O–H groups in total. The summed E-state index contributed by atoms with van der Waals surface area (Å²) in [7, 11) is 0. The van der Waals surface area contributed by atoms with Crippen molar-refractivity contribution in [3.8, 4) is 0 Å². The monoisotopic (exact) mass is 128 g/mol. The number of nitrogens with one attached hydrogen (secondary N) is 1. The molecule has 47 valence electrons. The largest absolute Gasteiger partial charge is 0.361 e. The van der Waals surface area contributed by atoms with Gasteiger partial charge in [0.1, 0.15) is 0 Å². The van der Waals surface area contributed by atoms with E-state index in [1.807, 2.05) is 18.3 Å². The van der Waals surface area contributed by atoms with E-state index in [-0.39, 0.29) is 8.41 Å². The zero-order valence-corrected chi connectivity index (χ0v) is 5.54. The molecule has 0 atom stereocenters. The van der Waals surface area contributed by atoms with E-state index < -0.39 is 0 Å². The third-order valence-electron chi connectivity index (χ3n) is 1.46. The highest BCUT2D eigenvalue weighted by atomic mass is 14.6. The van der Waals surface area contributed by atoms with Crippen molar-refractivity contribution in [2.45, 2.75) is 0 Å². The normalized spacial score (nSPS) is 9.20. The molecule has 1 nitrogen and oxygen atoms in total. The number of hydrogen-bond acceptors (Lipinski definition) is 0. The van der Waals surface area contributed by atoms with Crippen molar-refractivity contribution in [2.24, 2.45) is 0 Å². The molecule has 0 saturated heterocycles. The van der Waals surface area contributed by atoms with Crippen LogP contribution in [0, 0.1) is 0 Å². The van der Waals surface area contributed by atoms with Gasteiger partial charge in [0, 0.05) is 20.1 Å². The maximum absolute atomic E-state index is 3.12. The molecule has 2 rings (SSSR count). The zero-order valence-electron chi connectivity index (χ0n) is 5.54. The fraction of sp³-hybridized carbons (Fsp3) is 0. The standard InChI is InChI=1S/C8H7N.B/c1-2-4-8-7(3-1)5-6-9-8;/h1-6,9H;. The molecule has 2 heteroatoms. The predicted molar refractivity (Wildman–Crippen MR) is 44.1 cm³/mol. The summed E-state index contributed by atoms with van der Waals surface area (Å²) >= 11 is 0. The third-order valence-corrected chi connectivity index (χ3v) is 1.46. The fourth-order valence-corrected chi connectivity index (χ4v) is 0.995. The first-order valence-electron chi connectivity index (χ1n) is 2.99. The summed E-state index contributed by atoms with van der Waals surface area (Å²) in [4.78, 5) is 3.12. The molecule has 1 heterocycles. The number of hydrogen-bond donors (Lipinski definition) is 1. The summed E-state index contributed by atoms with van der Waals surface area (Å²) in [6.45, 7) is 0. The van der Waals surface area contributed by atoms with Gasteiger partial charge in [-0.15, -0.1) is 0 Å². The van der Waals surface area contributed by atoms with Crippen molar-refractivity contribution in [3.63, 3.8) is 0 Å². The Kier molecular flexibility index (Phi) is 1.81. The van der Waals surface area contributed by atoms with Crippen LogP contribution in [0.25, 0.3) is 10.9 Å². The number of aromatic nitrogens is 1. The highest BCUT2D eigenvalue weighted by molar-refractivity contribution is 5.78. The van der Waals surface area contributed by atoms with Crippen LogP contribution in [0.5, 0.6) is 0 Å². The van der Waals surface area contributed by atoms with Crippen molar-refractivity contribution in [1.82, 2.24) is 4.98 Å². The zero-order chi connectivity index (χ0) is 6.10. The smallest absolute Gasteiger partial charge is 0.0453 e. The van der Waals surface area contributed by atoms with Crippen LogP contribution < -0.4 is 0 Å². The second kappa shape index (κ2) is 2.61. The summed E-state index contributed by atoms with van der Waals surface area (Å²) in [5.74, 6) is 0. The molecule has 0 amide bonds. The summed E-state index contributed by atoms with van der Waals surface area (Å²) in [6, 6.07) is 10.3. The molecule has 0 unspecified atom stereocenters. The molecule has 3 radical (unpaired) electrons. The molecule has 0 aliphatic heterocycles. The van der Waals surface area contributed by atoms with Crippen molar-refractivity contribution >= 4 is 19.3 Å². The van der Waals surface area contributed by atoms with Crippen molar-refractivity contribution < 1.29 is 0 Å². The van der Waals surface area contributed by atoms with E-state index in [0.29, 0.717) is 0 Å². The van der Waals surface area contributed by atoms with Crippen LogP contribution in [-0.2, 0) is 0 Å². The Balaban J connectivity index is 0.000000500. The Labute approximate surface area is 61.6 Å². The molecule has 1 aromatic carbocycles. The van der Waals surface area contributed by atoms with Crippen molar-refractivity contribution in [3.05, 3.63) is 36.5 Å². The van der Waals surface area contributed by atoms with Crippen LogP contribution in [0.1, 0.15) is 0 Å². The number of para-hydroxylation sites is 1. The van der Waals surface area contributed by atoms with Gasteiger partial charge >= 0.3 is 0 Å². The lowest BCUT2D eigenvalue weighted by Crippen LogP contribution is -1.61. The maximum atomic E-state index is 3.12. The first kappa shape index (κ1) is 6.94. The van der Waals surface area contributed by atoms with Crippen molar-refractivity contribution in [2.75, 3.05) is 0 Å². The van der Waals surface area contributed by atoms with Crippen LogP contribution in [0.4, 0.5) is 0 Å². The minimum atomic E-state index is 0. The SMILES string of the molecule is [B].c1ccc2[nH]ccc2c1. The Morgan fingerprint density at radius 2 is 1.80 bits per heavy atom. The molecule has 0 bridgehead atoms. The van der Waals surface area contributed by atoms with E-state index in [1.165, 1.54) is 10.9 Å². The van der Waals surface area contributed by atoms with Gasteiger partial charge in [-0.25, -0.2) is 0 Å². The number of H-pyrrole nitrogens is 1. The van der Waals surface area contributed by atoms with Gasteiger partial charge in [-0.1, -0.05) is 18.2 Å². The van der Waals surface area contributed by atoms with Gasteiger partial charge in [-0.3, -0.25) is 0 Å². The molecule has 1 aromatic heterocycles. The van der Waals surface area contributed by atoms with E-state index in [2.05, 4.69) is 23.2 Å². The number of rotatable bonds is 0. The molecule has 0 aliphatic carbocycles. The average Bonchev–Trinajstić information content (AvgIpc) is 2.33. The lowest BCUT2D eigenvalue weighted by atomic mass is 10.3. The summed E-state index contributed by atoms with van der Waals surface area (Å²) in [5, 5.41) is 1.28. The van der Waals surface area contributed by atoms with E-state index in [4.69, 9.17) is 0 Å². The van der Waals surface area contributed by atoms with Crippen LogP contribution >= 0.6 is 0 Å². The first-order chi connectivity index (χ1) is 4.47. The highest BCUT2D eigenvalue weighted by Gasteiger charge is 1.86. The van der Waals surface area contributed by atoms with E-state index in [9.17, 15) is 0 Å². The molecule has 0 spiro atoms. The van der Waals surface area contributed by atoms with Gasteiger partial charge in [0.2, 0.25) is 0 Å². The Hall–Kier alpha value is -1.18. The second-order valence-electron chi connectivity index (χ2n) is 2.06. The highest BCUT2D eigenvalue weighted by Crippen LogP contribution is 2.09. The first-order valence-corrected chi connectivity index (χ1v) is 2.99.